The standard InChI is InChI=1S/C12H22N4O/c1-8(2)6-7-16(5)12(17)11-13-10(9(3)4)14-15-11/h8-9H,6-7H2,1-5H3,(H,13,14,15). The van der Waals surface area contributed by atoms with E-state index < -0.39 is 0 Å². The summed E-state index contributed by atoms with van der Waals surface area (Å²) in [6.45, 7) is 9.04. The fourth-order valence-electron chi connectivity index (χ4n) is 1.35. The van der Waals surface area contributed by atoms with Crippen LogP contribution in [-0.2, 0) is 0 Å². The number of carbonyl (C=O) groups excluding carboxylic acids is 1. The third kappa shape index (κ3) is 3.84. The zero-order valence-corrected chi connectivity index (χ0v) is 11.3. The average molecular weight is 238 g/mol. The Bertz CT molecular complexity index is 370. The van der Waals surface area contributed by atoms with Crippen molar-refractivity contribution in [3.05, 3.63) is 11.6 Å². The largest absolute Gasteiger partial charge is 0.339 e. The van der Waals surface area contributed by atoms with Gasteiger partial charge in [-0.05, 0) is 12.3 Å². The molecule has 1 aromatic rings. The summed E-state index contributed by atoms with van der Waals surface area (Å²) >= 11 is 0. The van der Waals surface area contributed by atoms with Crippen LogP contribution in [0.15, 0.2) is 0 Å². The maximum atomic E-state index is 12.0. The van der Waals surface area contributed by atoms with Crippen molar-refractivity contribution < 1.29 is 4.79 Å². The molecular weight excluding hydrogens is 216 g/mol. The number of H-pyrrole nitrogens is 1. The van der Waals surface area contributed by atoms with Crippen LogP contribution in [-0.4, -0.2) is 39.6 Å². The van der Waals surface area contributed by atoms with Gasteiger partial charge in [-0.15, -0.1) is 5.10 Å². The molecule has 0 spiro atoms. The number of aromatic nitrogens is 3. The van der Waals surface area contributed by atoms with Crippen molar-refractivity contribution in [2.24, 2.45) is 5.92 Å². The summed E-state index contributed by atoms with van der Waals surface area (Å²) in [4.78, 5) is 17.8. The molecule has 0 saturated carbocycles. The van der Waals surface area contributed by atoms with Crippen molar-refractivity contribution in [2.75, 3.05) is 13.6 Å². The predicted octanol–water partition coefficient (Wildman–Crippen LogP) is 2.05. The van der Waals surface area contributed by atoms with Gasteiger partial charge in [-0.3, -0.25) is 9.89 Å². The van der Waals surface area contributed by atoms with E-state index in [1.807, 2.05) is 13.8 Å². The normalized spacial score (nSPS) is 11.2. The highest BCUT2D eigenvalue weighted by Gasteiger charge is 2.17. The second-order valence-electron chi connectivity index (χ2n) is 5.11. The fourth-order valence-corrected chi connectivity index (χ4v) is 1.35. The molecule has 1 N–H and O–H groups in total. The Kier molecular flexibility index (Phi) is 4.66. The van der Waals surface area contributed by atoms with E-state index in [9.17, 15) is 4.79 Å². The summed E-state index contributed by atoms with van der Waals surface area (Å²) < 4.78 is 0. The molecule has 0 atom stereocenters. The highest BCUT2D eigenvalue weighted by molar-refractivity contribution is 5.90. The number of nitrogens with zero attached hydrogens (tertiary/aromatic N) is 3. The maximum Gasteiger partial charge on any atom is 0.293 e. The minimum atomic E-state index is -0.117. The first kappa shape index (κ1) is 13.7. The lowest BCUT2D eigenvalue weighted by atomic mass is 10.1. The molecule has 0 radical (unpaired) electrons. The molecule has 0 unspecified atom stereocenters. The van der Waals surface area contributed by atoms with E-state index in [4.69, 9.17) is 0 Å². The molecule has 1 amide bonds. The zero-order chi connectivity index (χ0) is 13.0. The third-order valence-electron chi connectivity index (χ3n) is 2.63. The van der Waals surface area contributed by atoms with Crippen LogP contribution in [0.2, 0.25) is 0 Å². The van der Waals surface area contributed by atoms with Gasteiger partial charge >= 0.3 is 0 Å². The van der Waals surface area contributed by atoms with E-state index in [1.165, 1.54) is 0 Å². The predicted molar refractivity (Wildman–Crippen MR) is 66.9 cm³/mol. The van der Waals surface area contributed by atoms with Crippen LogP contribution in [0.4, 0.5) is 0 Å². The summed E-state index contributed by atoms with van der Waals surface area (Å²) in [5.41, 5.74) is 0. The van der Waals surface area contributed by atoms with Crippen molar-refractivity contribution in [3.8, 4) is 0 Å². The minimum Gasteiger partial charge on any atom is -0.339 e. The molecule has 0 aliphatic rings. The molecule has 0 aliphatic heterocycles. The lowest BCUT2D eigenvalue weighted by molar-refractivity contribution is 0.0777. The molecule has 0 fully saturated rings. The number of carbonyl (C=O) groups is 1. The molecule has 5 nitrogen and oxygen atoms in total. The average Bonchev–Trinajstić information content (AvgIpc) is 2.73. The van der Waals surface area contributed by atoms with Gasteiger partial charge in [0.2, 0.25) is 5.82 Å². The van der Waals surface area contributed by atoms with Crippen LogP contribution in [0.1, 0.15) is 56.5 Å². The molecule has 0 saturated heterocycles. The topological polar surface area (TPSA) is 61.9 Å². The van der Waals surface area contributed by atoms with E-state index >= 15 is 0 Å². The Morgan fingerprint density at radius 3 is 2.47 bits per heavy atom. The van der Waals surface area contributed by atoms with E-state index in [2.05, 4.69) is 29.0 Å². The molecule has 0 bridgehead atoms. The van der Waals surface area contributed by atoms with Crippen LogP contribution in [0.5, 0.6) is 0 Å². The van der Waals surface area contributed by atoms with E-state index in [0.717, 1.165) is 18.8 Å². The van der Waals surface area contributed by atoms with Gasteiger partial charge in [-0.25, -0.2) is 4.98 Å². The Morgan fingerprint density at radius 1 is 1.35 bits per heavy atom. The summed E-state index contributed by atoms with van der Waals surface area (Å²) in [5, 5.41) is 6.76. The highest BCUT2D eigenvalue weighted by Crippen LogP contribution is 2.09. The van der Waals surface area contributed by atoms with Crippen LogP contribution in [0, 0.1) is 5.92 Å². The zero-order valence-electron chi connectivity index (χ0n) is 11.3. The molecule has 1 rings (SSSR count). The Hall–Kier alpha value is -1.39. The number of hydrogen-bond donors (Lipinski definition) is 1. The first-order valence-electron chi connectivity index (χ1n) is 6.09. The molecule has 96 valence electrons. The first-order chi connectivity index (χ1) is 7.91. The highest BCUT2D eigenvalue weighted by atomic mass is 16.2. The van der Waals surface area contributed by atoms with E-state index in [-0.39, 0.29) is 17.6 Å². The quantitative estimate of drug-likeness (QED) is 0.854. The summed E-state index contributed by atoms with van der Waals surface area (Å²) in [5.74, 6) is 1.74. The van der Waals surface area contributed by atoms with Crippen LogP contribution in [0.3, 0.4) is 0 Å². The van der Waals surface area contributed by atoms with Gasteiger partial charge in [0.15, 0.2) is 0 Å². The number of nitrogens with one attached hydrogen (secondary N) is 1. The van der Waals surface area contributed by atoms with Gasteiger partial charge < -0.3 is 4.90 Å². The van der Waals surface area contributed by atoms with Gasteiger partial charge in [-0.1, -0.05) is 27.7 Å². The monoisotopic (exact) mass is 238 g/mol. The first-order valence-corrected chi connectivity index (χ1v) is 6.09. The third-order valence-corrected chi connectivity index (χ3v) is 2.63. The molecule has 0 aromatic carbocycles. The van der Waals surface area contributed by atoms with Gasteiger partial charge in [0.05, 0.1) is 0 Å². The number of hydrogen-bond acceptors (Lipinski definition) is 3. The second kappa shape index (κ2) is 5.80. The lowest BCUT2D eigenvalue weighted by Crippen LogP contribution is -2.29. The summed E-state index contributed by atoms with van der Waals surface area (Å²) in [6, 6.07) is 0. The van der Waals surface area contributed by atoms with Gasteiger partial charge in [0.25, 0.3) is 5.91 Å². The molecule has 5 heteroatoms. The van der Waals surface area contributed by atoms with Gasteiger partial charge in [-0.2, -0.15) is 0 Å². The Labute approximate surface area is 103 Å². The summed E-state index contributed by atoms with van der Waals surface area (Å²) in [7, 11) is 1.79. The van der Waals surface area contributed by atoms with Crippen LogP contribution in [0.25, 0.3) is 0 Å². The lowest BCUT2D eigenvalue weighted by Gasteiger charge is -2.16. The SMILES string of the molecule is CC(C)CCN(C)C(=O)c1n[nH]c(C(C)C)n1. The number of rotatable bonds is 5. The van der Waals surface area contributed by atoms with E-state index in [1.54, 1.807) is 11.9 Å². The van der Waals surface area contributed by atoms with Crippen molar-refractivity contribution in [2.45, 2.75) is 40.0 Å². The van der Waals surface area contributed by atoms with Crippen LogP contribution >= 0.6 is 0 Å². The molecule has 0 aliphatic carbocycles. The van der Waals surface area contributed by atoms with Crippen molar-refractivity contribution >= 4 is 5.91 Å². The van der Waals surface area contributed by atoms with Gasteiger partial charge in [0, 0.05) is 19.5 Å². The van der Waals surface area contributed by atoms with E-state index in [0.29, 0.717) is 5.92 Å². The van der Waals surface area contributed by atoms with Gasteiger partial charge in [0.1, 0.15) is 5.82 Å². The fraction of sp³-hybridized carbons (Fsp3) is 0.750. The number of amides is 1. The van der Waals surface area contributed by atoms with Crippen molar-refractivity contribution in [1.29, 1.82) is 0 Å². The minimum absolute atomic E-state index is 0.117. The Morgan fingerprint density at radius 2 is 2.00 bits per heavy atom. The Balaban J connectivity index is 2.61. The molecular formula is C12H22N4O. The summed E-state index contributed by atoms with van der Waals surface area (Å²) in [6.07, 6.45) is 0.990. The number of aromatic amines is 1. The van der Waals surface area contributed by atoms with Crippen LogP contribution < -0.4 is 0 Å². The van der Waals surface area contributed by atoms with Crippen molar-refractivity contribution in [3.63, 3.8) is 0 Å². The van der Waals surface area contributed by atoms with Crippen molar-refractivity contribution in [1.82, 2.24) is 20.1 Å². The second-order valence-corrected chi connectivity index (χ2v) is 5.11. The maximum absolute atomic E-state index is 12.0. The molecule has 1 aromatic heterocycles. The molecule has 1 heterocycles. The molecule has 17 heavy (non-hydrogen) atoms. The smallest absolute Gasteiger partial charge is 0.293 e.